The molecule has 0 aliphatic carbocycles. The second-order valence-corrected chi connectivity index (χ2v) is 10.8. The molecule has 0 amide bonds. The van der Waals surface area contributed by atoms with Crippen LogP contribution in [-0.4, -0.2) is 56.9 Å². The number of nitrogens with zero attached hydrogens (tertiary/aromatic N) is 4. The second-order valence-electron chi connectivity index (χ2n) is 7.91. The van der Waals surface area contributed by atoms with Gasteiger partial charge in [0.1, 0.15) is 5.75 Å². The van der Waals surface area contributed by atoms with Gasteiger partial charge in [0.15, 0.2) is 0 Å². The van der Waals surface area contributed by atoms with Crippen LogP contribution < -0.4 is 5.32 Å². The van der Waals surface area contributed by atoms with E-state index in [2.05, 4.69) is 31.2 Å². The van der Waals surface area contributed by atoms with E-state index in [4.69, 9.17) is 5.26 Å². The van der Waals surface area contributed by atoms with Crippen molar-refractivity contribution in [3.8, 4) is 11.8 Å². The van der Waals surface area contributed by atoms with Gasteiger partial charge < -0.3 is 10.4 Å². The van der Waals surface area contributed by atoms with Gasteiger partial charge in [0, 0.05) is 44.7 Å². The number of sulfonamides is 1. The maximum atomic E-state index is 12.8. The Hall–Kier alpha value is -3.26. The second kappa shape index (κ2) is 13.7. The van der Waals surface area contributed by atoms with Crippen molar-refractivity contribution in [2.45, 2.75) is 25.2 Å². The van der Waals surface area contributed by atoms with E-state index in [9.17, 15) is 13.5 Å². The van der Waals surface area contributed by atoms with Crippen LogP contribution in [0.25, 0.3) is 0 Å². The van der Waals surface area contributed by atoms with Gasteiger partial charge in [-0.05, 0) is 72.6 Å². The molecule has 0 aliphatic rings. The van der Waals surface area contributed by atoms with Gasteiger partial charge in [-0.15, -0.1) is 0 Å². The van der Waals surface area contributed by atoms with E-state index in [0.29, 0.717) is 42.0 Å². The van der Waals surface area contributed by atoms with Crippen molar-refractivity contribution in [2.24, 2.45) is 9.98 Å². The average molecular weight is 573 g/mol. The standard InChI is InChI=1S/C26H30BrN5O3S/c1-19(15-25(23-11-5-6-12-26(23)33)31-20(2)24(27)18-29-3)30-13-8-14-32(4)36(34,35)22-10-7-9-21(16-22)17-28/h5-7,9-12,15-16,18,30,33H,8,13-14H2,1-4H3/b19-15+,24-20-,29-18?,31-25+. The number of halogens is 1. The smallest absolute Gasteiger partial charge is 0.242 e. The Morgan fingerprint density at radius 3 is 2.61 bits per heavy atom. The molecule has 0 saturated carbocycles. The number of aliphatic imine (C=N–C) groups is 2. The Kier molecular flexibility index (Phi) is 11.0. The summed E-state index contributed by atoms with van der Waals surface area (Å²) in [4.78, 5) is 8.76. The zero-order chi connectivity index (χ0) is 26.7. The fourth-order valence-corrected chi connectivity index (χ4v) is 4.72. The Morgan fingerprint density at radius 2 is 1.94 bits per heavy atom. The number of phenolic OH excluding ortho intramolecular Hbond substituents is 1. The van der Waals surface area contributed by atoms with Crippen LogP contribution in [0.3, 0.4) is 0 Å². The van der Waals surface area contributed by atoms with Crippen LogP contribution in [0.15, 0.2) is 85.4 Å². The molecule has 2 N–H and O–H groups in total. The largest absolute Gasteiger partial charge is 0.507 e. The maximum absolute atomic E-state index is 12.8. The number of rotatable bonds is 11. The van der Waals surface area contributed by atoms with Crippen LogP contribution in [0.1, 0.15) is 31.4 Å². The van der Waals surface area contributed by atoms with Crippen molar-refractivity contribution in [1.29, 1.82) is 5.26 Å². The van der Waals surface area contributed by atoms with E-state index in [1.807, 2.05) is 32.1 Å². The minimum atomic E-state index is -3.69. The first-order valence-electron chi connectivity index (χ1n) is 11.1. The predicted octanol–water partition coefficient (Wildman–Crippen LogP) is 4.58. The van der Waals surface area contributed by atoms with Crippen molar-refractivity contribution in [3.05, 3.63) is 81.6 Å². The summed E-state index contributed by atoms with van der Waals surface area (Å²) in [5.74, 6) is 0.112. The van der Waals surface area contributed by atoms with E-state index in [-0.39, 0.29) is 10.6 Å². The monoisotopic (exact) mass is 571 g/mol. The molecular formula is C26H30BrN5O3S. The van der Waals surface area contributed by atoms with Crippen LogP contribution in [0.5, 0.6) is 5.75 Å². The summed E-state index contributed by atoms with van der Waals surface area (Å²) in [6.45, 7) is 4.54. The van der Waals surface area contributed by atoms with Gasteiger partial charge in [0.05, 0.1) is 32.4 Å². The first-order valence-corrected chi connectivity index (χ1v) is 13.4. The topological polar surface area (TPSA) is 118 Å². The number of hydrogen-bond donors (Lipinski definition) is 2. The van der Waals surface area contributed by atoms with Crippen molar-refractivity contribution in [3.63, 3.8) is 0 Å². The van der Waals surface area contributed by atoms with E-state index >= 15 is 0 Å². The summed E-state index contributed by atoms with van der Waals surface area (Å²) in [5.41, 5.74) is 2.94. The zero-order valence-electron chi connectivity index (χ0n) is 20.7. The minimum absolute atomic E-state index is 0.0966. The quantitative estimate of drug-likeness (QED) is 0.302. The number of aromatic hydroxyl groups is 1. The first-order chi connectivity index (χ1) is 17.1. The molecule has 0 aliphatic heterocycles. The molecule has 0 fully saturated rings. The third-order valence-corrected chi connectivity index (χ3v) is 7.77. The number of allylic oxidation sites excluding steroid dienone is 4. The molecule has 190 valence electrons. The summed E-state index contributed by atoms with van der Waals surface area (Å²) < 4.78 is 27.6. The van der Waals surface area contributed by atoms with E-state index in [1.165, 1.54) is 23.5 Å². The SMILES string of the molecule is CN=C/C(Br)=C(C)/N=C(\C=C(/C)NCCCN(C)S(=O)(=O)c1cccc(C#N)c1)c1ccccc1O. The molecular weight excluding hydrogens is 542 g/mol. The van der Waals surface area contributed by atoms with Gasteiger partial charge >= 0.3 is 0 Å². The Bertz CT molecular complexity index is 1340. The molecule has 10 heteroatoms. The normalized spacial score (nSPS) is 13.6. The zero-order valence-corrected chi connectivity index (χ0v) is 23.1. The number of benzene rings is 2. The third-order valence-electron chi connectivity index (χ3n) is 5.13. The molecule has 0 heterocycles. The third kappa shape index (κ3) is 8.16. The van der Waals surface area contributed by atoms with Gasteiger partial charge in [0.25, 0.3) is 0 Å². The highest BCUT2D eigenvalue weighted by Crippen LogP contribution is 2.21. The van der Waals surface area contributed by atoms with Crippen molar-refractivity contribution in [1.82, 2.24) is 9.62 Å². The van der Waals surface area contributed by atoms with E-state index in [0.717, 1.165) is 10.2 Å². The summed E-state index contributed by atoms with van der Waals surface area (Å²) in [6.07, 6.45) is 4.03. The summed E-state index contributed by atoms with van der Waals surface area (Å²) in [5, 5.41) is 22.7. The average Bonchev–Trinajstić information content (AvgIpc) is 2.86. The lowest BCUT2D eigenvalue weighted by molar-refractivity contribution is 0.458. The number of para-hydroxylation sites is 1. The number of phenols is 1. The molecule has 8 nitrogen and oxygen atoms in total. The molecule has 2 aromatic rings. The molecule has 0 atom stereocenters. The lowest BCUT2D eigenvalue weighted by Crippen LogP contribution is -2.30. The van der Waals surface area contributed by atoms with Crippen LogP contribution in [0.2, 0.25) is 0 Å². The lowest BCUT2D eigenvalue weighted by Gasteiger charge is -2.17. The number of nitriles is 1. The Labute approximate surface area is 221 Å². The number of hydrogen-bond acceptors (Lipinski definition) is 7. The fraction of sp³-hybridized carbons (Fsp3) is 0.269. The van der Waals surface area contributed by atoms with Gasteiger partial charge in [0.2, 0.25) is 10.0 Å². The summed E-state index contributed by atoms with van der Waals surface area (Å²) >= 11 is 3.45. The highest BCUT2D eigenvalue weighted by Gasteiger charge is 2.20. The highest BCUT2D eigenvalue weighted by atomic mass is 79.9. The maximum Gasteiger partial charge on any atom is 0.242 e. The first kappa shape index (κ1) is 29.0. The van der Waals surface area contributed by atoms with Crippen LogP contribution in [0.4, 0.5) is 0 Å². The molecule has 0 radical (unpaired) electrons. The van der Waals surface area contributed by atoms with Gasteiger partial charge in [-0.25, -0.2) is 12.7 Å². The lowest BCUT2D eigenvalue weighted by atomic mass is 10.1. The molecule has 0 spiro atoms. The highest BCUT2D eigenvalue weighted by molar-refractivity contribution is 9.12. The van der Waals surface area contributed by atoms with E-state index in [1.54, 1.807) is 43.6 Å². The van der Waals surface area contributed by atoms with Crippen LogP contribution in [0, 0.1) is 11.3 Å². The van der Waals surface area contributed by atoms with Crippen LogP contribution >= 0.6 is 15.9 Å². The van der Waals surface area contributed by atoms with Gasteiger partial charge in [-0.3, -0.25) is 9.98 Å². The fourth-order valence-electron chi connectivity index (χ4n) is 3.17. The Balaban J connectivity index is 2.11. The summed E-state index contributed by atoms with van der Waals surface area (Å²) in [7, 11) is -0.496. The molecule has 2 aromatic carbocycles. The van der Waals surface area contributed by atoms with Crippen molar-refractivity contribution in [2.75, 3.05) is 27.2 Å². The van der Waals surface area contributed by atoms with Crippen molar-refractivity contribution >= 4 is 37.9 Å². The van der Waals surface area contributed by atoms with Gasteiger partial charge in [-0.1, -0.05) is 18.2 Å². The summed E-state index contributed by atoms with van der Waals surface area (Å²) in [6, 6.07) is 14.9. The van der Waals surface area contributed by atoms with Crippen molar-refractivity contribution < 1.29 is 13.5 Å². The molecule has 0 aromatic heterocycles. The molecule has 0 unspecified atom stereocenters. The Morgan fingerprint density at radius 1 is 1.22 bits per heavy atom. The van der Waals surface area contributed by atoms with E-state index < -0.39 is 10.0 Å². The predicted molar refractivity (Wildman–Crippen MR) is 148 cm³/mol. The molecule has 2 rings (SSSR count). The molecule has 36 heavy (non-hydrogen) atoms. The molecule has 0 bridgehead atoms. The van der Waals surface area contributed by atoms with Crippen LogP contribution in [-0.2, 0) is 10.0 Å². The minimum Gasteiger partial charge on any atom is -0.507 e. The number of nitrogens with one attached hydrogen (secondary N) is 1. The van der Waals surface area contributed by atoms with Gasteiger partial charge in [-0.2, -0.15) is 5.26 Å². The molecule has 0 saturated heterocycles.